The molecule has 2 amide bonds. The lowest BCUT2D eigenvalue weighted by Gasteiger charge is -2.09. The number of hydrogen-bond donors (Lipinski definition) is 2. The van der Waals surface area contributed by atoms with Gasteiger partial charge in [-0.15, -0.1) is 0 Å². The number of unbranched alkanes of at least 4 members (excludes halogenated alkanes) is 2. The number of carbonyl (C=O) groups excluding carboxylic acids is 2. The first kappa shape index (κ1) is 18.3. The van der Waals surface area contributed by atoms with E-state index in [1.54, 1.807) is 7.11 Å². The number of methoxy groups -OCH3 is 1. The molecule has 2 atom stereocenters. The molecule has 1 aliphatic rings. The van der Waals surface area contributed by atoms with Gasteiger partial charge in [0.15, 0.2) is 0 Å². The van der Waals surface area contributed by atoms with Crippen LogP contribution in [0.5, 0.6) is 5.75 Å². The van der Waals surface area contributed by atoms with Crippen molar-refractivity contribution in [3.63, 3.8) is 0 Å². The predicted molar refractivity (Wildman–Crippen MR) is 93.8 cm³/mol. The normalized spacial score (nSPS) is 18.8. The van der Waals surface area contributed by atoms with Crippen molar-refractivity contribution in [1.29, 1.82) is 0 Å². The van der Waals surface area contributed by atoms with Crippen LogP contribution in [0.2, 0.25) is 0 Å². The Bertz CT molecular complexity index is 559. The fourth-order valence-corrected chi connectivity index (χ4v) is 2.85. The van der Waals surface area contributed by atoms with Crippen molar-refractivity contribution in [3.8, 4) is 5.75 Å². The second-order valence-electron chi connectivity index (χ2n) is 6.30. The van der Waals surface area contributed by atoms with Gasteiger partial charge >= 0.3 is 0 Å². The standard InChI is InChI=1S/C19H28N2O3/c1-3-4-7-11-20-18(22)15-13-16(15)19(23)21-12-10-14-8-5-6-9-17(14)24-2/h5-6,8-9,15-16H,3-4,7,10-13H2,1-2H3,(H,20,22)(H,21,23). The van der Waals surface area contributed by atoms with Gasteiger partial charge in [0.1, 0.15) is 5.75 Å². The van der Waals surface area contributed by atoms with Crippen molar-refractivity contribution in [2.75, 3.05) is 20.2 Å². The molecule has 0 heterocycles. The number of para-hydroxylation sites is 1. The Morgan fingerprint density at radius 2 is 1.75 bits per heavy atom. The molecular weight excluding hydrogens is 304 g/mol. The van der Waals surface area contributed by atoms with E-state index in [1.165, 1.54) is 0 Å². The first-order chi connectivity index (χ1) is 11.7. The molecule has 1 fully saturated rings. The average Bonchev–Trinajstić information content (AvgIpc) is 3.40. The fraction of sp³-hybridized carbons (Fsp3) is 0.579. The maximum atomic E-state index is 12.1. The molecule has 0 saturated heterocycles. The van der Waals surface area contributed by atoms with Gasteiger partial charge in [-0.3, -0.25) is 9.59 Å². The zero-order valence-corrected chi connectivity index (χ0v) is 14.6. The molecule has 2 unspecified atom stereocenters. The van der Waals surface area contributed by atoms with Crippen molar-refractivity contribution >= 4 is 11.8 Å². The van der Waals surface area contributed by atoms with Crippen molar-refractivity contribution in [2.45, 2.75) is 39.0 Å². The minimum absolute atomic E-state index is 0.0152. The van der Waals surface area contributed by atoms with E-state index in [0.717, 1.165) is 37.0 Å². The van der Waals surface area contributed by atoms with E-state index in [4.69, 9.17) is 4.74 Å². The highest BCUT2D eigenvalue weighted by atomic mass is 16.5. The number of ether oxygens (including phenoxy) is 1. The van der Waals surface area contributed by atoms with E-state index in [-0.39, 0.29) is 23.7 Å². The van der Waals surface area contributed by atoms with Gasteiger partial charge < -0.3 is 15.4 Å². The van der Waals surface area contributed by atoms with E-state index >= 15 is 0 Å². The summed E-state index contributed by atoms with van der Waals surface area (Å²) in [7, 11) is 1.64. The summed E-state index contributed by atoms with van der Waals surface area (Å²) in [5, 5.41) is 5.86. The first-order valence-electron chi connectivity index (χ1n) is 8.84. The Morgan fingerprint density at radius 1 is 1.08 bits per heavy atom. The van der Waals surface area contributed by atoms with E-state index in [9.17, 15) is 9.59 Å². The van der Waals surface area contributed by atoms with E-state index in [2.05, 4.69) is 17.6 Å². The first-order valence-corrected chi connectivity index (χ1v) is 8.84. The van der Waals surface area contributed by atoms with Crippen molar-refractivity contribution in [1.82, 2.24) is 10.6 Å². The third kappa shape index (κ3) is 5.25. The highest BCUT2D eigenvalue weighted by molar-refractivity contribution is 5.92. The van der Waals surface area contributed by atoms with Gasteiger partial charge in [0.05, 0.1) is 18.9 Å². The van der Waals surface area contributed by atoms with E-state index in [1.807, 2.05) is 24.3 Å². The Labute approximate surface area is 144 Å². The summed E-state index contributed by atoms with van der Waals surface area (Å²) in [5.41, 5.74) is 1.07. The molecule has 2 rings (SSSR count). The van der Waals surface area contributed by atoms with Gasteiger partial charge in [-0.2, -0.15) is 0 Å². The van der Waals surface area contributed by atoms with Crippen LogP contribution in [0, 0.1) is 11.8 Å². The number of amides is 2. The third-order valence-electron chi connectivity index (χ3n) is 4.43. The minimum Gasteiger partial charge on any atom is -0.496 e. The third-order valence-corrected chi connectivity index (χ3v) is 4.43. The van der Waals surface area contributed by atoms with Crippen LogP contribution in [0.25, 0.3) is 0 Å². The van der Waals surface area contributed by atoms with Crippen LogP contribution in [0.3, 0.4) is 0 Å². The molecule has 24 heavy (non-hydrogen) atoms. The number of nitrogens with one attached hydrogen (secondary N) is 2. The molecule has 5 nitrogen and oxygen atoms in total. The van der Waals surface area contributed by atoms with Gasteiger partial charge in [0.25, 0.3) is 0 Å². The molecule has 0 radical (unpaired) electrons. The van der Waals surface area contributed by atoms with Crippen LogP contribution in [0.1, 0.15) is 38.2 Å². The van der Waals surface area contributed by atoms with Crippen LogP contribution < -0.4 is 15.4 Å². The maximum absolute atomic E-state index is 12.1. The van der Waals surface area contributed by atoms with Crippen LogP contribution in [0.15, 0.2) is 24.3 Å². The number of benzene rings is 1. The topological polar surface area (TPSA) is 67.4 Å². The van der Waals surface area contributed by atoms with E-state index < -0.39 is 0 Å². The van der Waals surface area contributed by atoms with Gasteiger partial charge in [0, 0.05) is 13.1 Å². The zero-order chi connectivity index (χ0) is 17.4. The molecule has 1 aromatic rings. The Balaban J connectivity index is 1.66. The van der Waals surface area contributed by atoms with Crippen LogP contribution in [-0.4, -0.2) is 32.0 Å². The second-order valence-corrected chi connectivity index (χ2v) is 6.30. The van der Waals surface area contributed by atoms with Crippen LogP contribution in [-0.2, 0) is 16.0 Å². The van der Waals surface area contributed by atoms with Crippen molar-refractivity contribution < 1.29 is 14.3 Å². The lowest BCUT2D eigenvalue weighted by atomic mass is 10.1. The molecule has 2 N–H and O–H groups in total. The Morgan fingerprint density at radius 3 is 2.42 bits per heavy atom. The van der Waals surface area contributed by atoms with E-state index in [0.29, 0.717) is 19.5 Å². The lowest BCUT2D eigenvalue weighted by molar-refractivity contribution is -0.127. The summed E-state index contributed by atoms with van der Waals surface area (Å²) in [6.07, 6.45) is 4.65. The molecule has 0 spiro atoms. The SMILES string of the molecule is CCCCCNC(=O)C1CC1C(=O)NCCc1ccccc1OC. The molecule has 0 bridgehead atoms. The second kappa shape index (κ2) is 9.30. The largest absolute Gasteiger partial charge is 0.496 e. The van der Waals surface area contributed by atoms with Crippen molar-refractivity contribution in [2.24, 2.45) is 11.8 Å². The highest BCUT2D eigenvalue weighted by Gasteiger charge is 2.47. The average molecular weight is 332 g/mol. The lowest BCUT2D eigenvalue weighted by Crippen LogP contribution is -2.31. The zero-order valence-electron chi connectivity index (χ0n) is 14.6. The summed E-state index contributed by atoms with van der Waals surface area (Å²) in [6.45, 7) is 3.40. The predicted octanol–water partition coefficient (Wildman–Crippen LogP) is 2.30. The Hall–Kier alpha value is -2.04. The molecule has 0 aliphatic heterocycles. The smallest absolute Gasteiger partial charge is 0.223 e. The summed E-state index contributed by atoms with van der Waals surface area (Å²) in [5.74, 6) is 0.545. The molecule has 132 valence electrons. The molecule has 1 saturated carbocycles. The quantitative estimate of drug-likeness (QED) is 0.646. The number of carbonyl (C=O) groups is 2. The summed E-state index contributed by atoms with van der Waals surface area (Å²) in [6, 6.07) is 7.79. The number of hydrogen-bond acceptors (Lipinski definition) is 3. The van der Waals surface area contributed by atoms with Gasteiger partial charge in [-0.1, -0.05) is 38.0 Å². The van der Waals surface area contributed by atoms with Gasteiger partial charge in [-0.05, 0) is 30.9 Å². The minimum atomic E-state index is -0.158. The summed E-state index contributed by atoms with van der Waals surface area (Å²) >= 11 is 0. The summed E-state index contributed by atoms with van der Waals surface area (Å²) < 4.78 is 5.30. The highest BCUT2D eigenvalue weighted by Crippen LogP contribution is 2.38. The molecule has 1 aromatic carbocycles. The van der Waals surface area contributed by atoms with Gasteiger partial charge in [0.2, 0.25) is 11.8 Å². The Kier molecular flexibility index (Phi) is 7.09. The van der Waals surface area contributed by atoms with Crippen LogP contribution >= 0.6 is 0 Å². The molecule has 1 aliphatic carbocycles. The fourth-order valence-electron chi connectivity index (χ4n) is 2.85. The molecule has 0 aromatic heterocycles. The maximum Gasteiger partial charge on any atom is 0.223 e. The van der Waals surface area contributed by atoms with Gasteiger partial charge in [-0.25, -0.2) is 0 Å². The van der Waals surface area contributed by atoms with Crippen molar-refractivity contribution in [3.05, 3.63) is 29.8 Å². The monoisotopic (exact) mass is 332 g/mol. The number of rotatable bonds is 10. The van der Waals surface area contributed by atoms with Crippen LogP contribution in [0.4, 0.5) is 0 Å². The summed E-state index contributed by atoms with van der Waals surface area (Å²) in [4.78, 5) is 24.1. The molecule has 5 heteroatoms. The molecular formula is C19H28N2O3.